The number of hydrogen-bond acceptors (Lipinski definition) is 1. The molecule has 0 N–H and O–H groups in total. The molecule has 2 aromatic heterocycles. The summed E-state index contributed by atoms with van der Waals surface area (Å²) in [5, 5.41) is 7.32. The van der Waals surface area contributed by atoms with E-state index in [0.29, 0.717) is 0 Å². The highest BCUT2D eigenvalue weighted by Gasteiger charge is 2.31. The fraction of sp³-hybridized carbons (Fsp3) is 0.0189. The minimum atomic E-state index is 0.0934. The molecular formula is C53H33NO. The third-order valence-electron chi connectivity index (χ3n) is 11.9. The summed E-state index contributed by atoms with van der Waals surface area (Å²) in [5.41, 5.74) is 16.9. The lowest BCUT2D eigenvalue weighted by molar-refractivity contribution is 0.670. The molecule has 0 amide bonds. The van der Waals surface area contributed by atoms with Crippen LogP contribution in [0.4, 0.5) is 0 Å². The Labute approximate surface area is 318 Å². The fourth-order valence-electron chi connectivity index (χ4n) is 9.51. The summed E-state index contributed by atoms with van der Waals surface area (Å²) in [6.45, 7) is 0. The molecule has 9 aromatic carbocycles. The van der Waals surface area contributed by atoms with Gasteiger partial charge in [-0.1, -0.05) is 152 Å². The molecule has 0 aliphatic heterocycles. The van der Waals surface area contributed by atoms with E-state index >= 15 is 0 Å². The summed E-state index contributed by atoms with van der Waals surface area (Å²) in [4.78, 5) is 0. The van der Waals surface area contributed by atoms with Crippen molar-refractivity contribution in [3.05, 3.63) is 211 Å². The summed E-state index contributed by atoms with van der Waals surface area (Å²) in [5.74, 6) is 0.0934. The largest absolute Gasteiger partial charge is 0.455 e. The van der Waals surface area contributed by atoms with Crippen molar-refractivity contribution in [2.24, 2.45) is 0 Å². The molecule has 55 heavy (non-hydrogen) atoms. The second-order valence-corrected chi connectivity index (χ2v) is 14.8. The van der Waals surface area contributed by atoms with Gasteiger partial charge in [0.2, 0.25) is 0 Å². The maximum Gasteiger partial charge on any atom is 0.143 e. The van der Waals surface area contributed by atoms with Gasteiger partial charge >= 0.3 is 0 Å². The van der Waals surface area contributed by atoms with Gasteiger partial charge in [0, 0.05) is 38.7 Å². The van der Waals surface area contributed by atoms with Crippen molar-refractivity contribution >= 4 is 54.5 Å². The van der Waals surface area contributed by atoms with Crippen LogP contribution in [0.15, 0.2) is 199 Å². The Bertz CT molecular complexity index is 3330. The van der Waals surface area contributed by atoms with Crippen LogP contribution in [0, 0.1) is 0 Å². The van der Waals surface area contributed by atoms with Gasteiger partial charge in [-0.15, -0.1) is 0 Å². The Morgan fingerprint density at radius 2 is 0.964 bits per heavy atom. The quantitative estimate of drug-likeness (QED) is 0.179. The Hall–Kier alpha value is -7.16. The number of hydrogen-bond donors (Lipinski definition) is 0. The van der Waals surface area contributed by atoms with Crippen molar-refractivity contribution in [1.82, 2.24) is 4.57 Å². The van der Waals surface area contributed by atoms with Gasteiger partial charge in [-0.05, 0) is 97.7 Å². The maximum absolute atomic E-state index is 6.54. The van der Waals surface area contributed by atoms with E-state index in [1.165, 1.54) is 82.8 Å². The standard InChI is InChI=1S/C53H33NO/c1-2-13-35(14-3-1)54-49-25-8-6-16-41(49)47-31-34(28-30-50(47)54)33-27-29-40-37-15-4-5-18-43(37)52(48(40)32-33)44-22-11-19-36-38(44)20-10-21-39(36)45-23-12-24-46-42-17-7-9-26-51(42)55-53(45)46/h1-32,52H. The normalized spacial score (nSPS) is 13.6. The zero-order valence-electron chi connectivity index (χ0n) is 29.9. The summed E-state index contributed by atoms with van der Waals surface area (Å²) in [6.07, 6.45) is 0. The predicted molar refractivity (Wildman–Crippen MR) is 229 cm³/mol. The zero-order valence-corrected chi connectivity index (χ0v) is 29.9. The third-order valence-corrected chi connectivity index (χ3v) is 11.9. The van der Waals surface area contributed by atoms with Gasteiger partial charge in [-0.25, -0.2) is 0 Å². The van der Waals surface area contributed by atoms with Crippen molar-refractivity contribution in [1.29, 1.82) is 0 Å². The van der Waals surface area contributed by atoms with E-state index in [1.807, 2.05) is 6.07 Å². The van der Waals surface area contributed by atoms with Gasteiger partial charge in [-0.3, -0.25) is 0 Å². The predicted octanol–water partition coefficient (Wildman–Crippen LogP) is 14.3. The van der Waals surface area contributed by atoms with Crippen LogP contribution in [0.5, 0.6) is 0 Å². The minimum Gasteiger partial charge on any atom is -0.455 e. The smallest absolute Gasteiger partial charge is 0.143 e. The van der Waals surface area contributed by atoms with E-state index in [1.54, 1.807) is 0 Å². The number of benzene rings is 9. The molecule has 12 rings (SSSR count). The summed E-state index contributed by atoms with van der Waals surface area (Å²) >= 11 is 0. The Morgan fingerprint density at radius 1 is 0.345 bits per heavy atom. The molecule has 2 heterocycles. The summed E-state index contributed by atoms with van der Waals surface area (Å²) < 4.78 is 8.92. The Morgan fingerprint density at radius 3 is 1.89 bits per heavy atom. The van der Waals surface area contributed by atoms with E-state index in [9.17, 15) is 0 Å². The first-order valence-electron chi connectivity index (χ1n) is 19.0. The van der Waals surface area contributed by atoms with E-state index in [0.717, 1.165) is 27.5 Å². The summed E-state index contributed by atoms with van der Waals surface area (Å²) in [6, 6.07) is 71.0. The first kappa shape index (κ1) is 30.3. The highest BCUT2D eigenvalue weighted by molar-refractivity contribution is 6.13. The number of rotatable bonds is 4. The molecule has 256 valence electrons. The first-order valence-corrected chi connectivity index (χ1v) is 19.0. The highest BCUT2D eigenvalue weighted by atomic mass is 16.3. The van der Waals surface area contributed by atoms with Crippen LogP contribution < -0.4 is 0 Å². The molecule has 11 aromatic rings. The molecule has 0 radical (unpaired) electrons. The van der Waals surface area contributed by atoms with Gasteiger partial charge in [-0.2, -0.15) is 0 Å². The Kier molecular flexibility index (Phi) is 6.43. The average molecular weight is 700 g/mol. The molecule has 1 atom stereocenters. The van der Waals surface area contributed by atoms with Gasteiger partial charge in [0.05, 0.1) is 11.0 Å². The van der Waals surface area contributed by atoms with E-state index in [-0.39, 0.29) is 5.92 Å². The van der Waals surface area contributed by atoms with E-state index < -0.39 is 0 Å². The molecule has 1 aliphatic carbocycles. The molecule has 0 bridgehead atoms. The molecule has 2 heteroatoms. The fourth-order valence-corrected chi connectivity index (χ4v) is 9.51. The topological polar surface area (TPSA) is 18.1 Å². The number of fused-ring (bicyclic) bond motifs is 10. The molecule has 0 fully saturated rings. The van der Waals surface area contributed by atoms with Crippen LogP contribution in [0.1, 0.15) is 22.6 Å². The maximum atomic E-state index is 6.54. The molecule has 1 aliphatic rings. The van der Waals surface area contributed by atoms with Crippen molar-refractivity contribution in [3.8, 4) is 39.1 Å². The Balaban J connectivity index is 1.03. The molecule has 0 spiro atoms. The number of para-hydroxylation sites is 4. The number of furan rings is 1. The molecule has 1 unspecified atom stereocenters. The van der Waals surface area contributed by atoms with Gasteiger partial charge < -0.3 is 8.98 Å². The van der Waals surface area contributed by atoms with Crippen molar-refractivity contribution in [2.75, 3.05) is 0 Å². The van der Waals surface area contributed by atoms with Crippen LogP contribution in [0.3, 0.4) is 0 Å². The van der Waals surface area contributed by atoms with Crippen LogP contribution in [-0.2, 0) is 0 Å². The van der Waals surface area contributed by atoms with E-state index in [4.69, 9.17) is 4.42 Å². The minimum absolute atomic E-state index is 0.0934. The lowest BCUT2D eigenvalue weighted by atomic mass is 9.84. The van der Waals surface area contributed by atoms with Gasteiger partial charge in [0.1, 0.15) is 11.2 Å². The second kappa shape index (κ2) is 11.7. The molecule has 0 saturated carbocycles. The first-order chi connectivity index (χ1) is 27.3. The van der Waals surface area contributed by atoms with Gasteiger partial charge in [0.25, 0.3) is 0 Å². The van der Waals surface area contributed by atoms with Gasteiger partial charge in [0.15, 0.2) is 0 Å². The average Bonchev–Trinajstić information content (AvgIpc) is 3.91. The summed E-state index contributed by atoms with van der Waals surface area (Å²) in [7, 11) is 0. The number of nitrogens with zero attached hydrogens (tertiary/aromatic N) is 1. The SMILES string of the molecule is c1ccc(-n2c3ccccc3c3cc(-c4ccc5c(c4)C(c4cccc6c(-c7cccc8c7oc7ccccc78)cccc46)c4ccccc4-5)ccc32)cc1. The van der Waals surface area contributed by atoms with Crippen molar-refractivity contribution in [3.63, 3.8) is 0 Å². The van der Waals surface area contributed by atoms with Crippen LogP contribution >= 0.6 is 0 Å². The van der Waals surface area contributed by atoms with Crippen molar-refractivity contribution < 1.29 is 4.42 Å². The lowest BCUT2D eigenvalue weighted by Crippen LogP contribution is -2.01. The third kappa shape index (κ3) is 4.43. The molecule has 2 nitrogen and oxygen atoms in total. The monoisotopic (exact) mass is 699 g/mol. The second-order valence-electron chi connectivity index (χ2n) is 14.8. The molecule has 0 saturated heterocycles. The lowest BCUT2D eigenvalue weighted by Gasteiger charge is -2.19. The van der Waals surface area contributed by atoms with Crippen LogP contribution in [0.25, 0.3) is 93.6 Å². The molecular weight excluding hydrogens is 667 g/mol. The number of aromatic nitrogens is 1. The highest BCUT2D eigenvalue weighted by Crippen LogP contribution is 2.51. The van der Waals surface area contributed by atoms with E-state index in [2.05, 4.69) is 193 Å². The zero-order chi connectivity index (χ0) is 36.0. The van der Waals surface area contributed by atoms with Crippen LogP contribution in [-0.4, -0.2) is 4.57 Å². The van der Waals surface area contributed by atoms with Crippen molar-refractivity contribution in [2.45, 2.75) is 5.92 Å². The van der Waals surface area contributed by atoms with Crippen LogP contribution in [0.2, 0.25) is 0 Å².